The number of ether oxygens (including phenoxy) is 2. The summed E-state index contributed by atoms with van der Waals surface area (Å²) in [5.74, 6) is -0.495. The van der Waals surface area contributed by atoms with E-state index in [1.54, 1.807) is 48.5 Å². The zero-order valence-corrected chi connectivity index (χ0v) is 32.6. The topological polar surface area (TPSA) is 256 Å². The Labute approximate surface area is 317 Å². The van der Waals surface area contributed by atoms with Crippen molar-refractivity contribution in [3.63, 3.8) is 0 Å². The van der Waals surface area contributed by atoms with Crippen molar-refractivity contribution in [2.45, 2.75) is 36.7 Å². The first-order valence-corrected chi connectivity index (χ1v) is 22.8. The largest absolute Gasteiger partial charge is 0.491 e. The predicted octanol–water partition coefficient (Wildman–Crippen LogP) is 5.32. The molecule has 56 heavy (non-hydrogen) atoms. The van der Waals surface area contributed by atoms with Gasteiger partial charge in [-0.3, -0.25) is 23.4 Å². The smallest absolute Gasteiger partial charge is 0.490 e. The van der Waals surface area contributed by atoms with Gasteiger partial charge in [-0.15, -0.1) is 0 Å². The van der Waals surface area contributed by atoms with Crippen LogP contribution in [-0.2, 0) is 45.9 Å². The van der Waals surface area contributed by atoms with Gasteiger partial charge in [-0.05, 0) is 52.1 Å². The molecule has 7 rings (SSSR count). The fourth-order valence-electron chi connectivity index (χ4n) is 6.47. The predicted molar refractivity (Wildman–Crippen MR) is 201 cm³/mol. The Hall–Kier alpha value is -4.06. The van der Waals surface area contributed by atoms with Crippen molar-refractivity contribution in [2.75, 3.05) is 19.0 Å². The Bertz CT molecular complexity index is 2800. The van der Waals surface area contributed by atoms with E-state index in [9.17, 15) is 46.4 Å². The number of aromatic amines is 1. The number of nitrogens with zero attached hydrogens (tertiary/aromatic N) is 1. The molecule has 1 saturated heterocycles. The number of para-hydroxylation sites is 1. The number of hydrogen-bond donors (Lipinski definition) is 4. The van der Waals surface area contributed by atoms with Gasteiger partial charge in [0.15, 0.2) is 9.84 Å². The highest BCUT2D eigenvalue weighted by molar-refractivity contribution is 7.91. The number of aromatic nitrogens is 2. The SMILES string of the molecule is Cc1cn(C2CC(OP(=O)(O)OP(=O)(O)OP(=O)(O)OCCS(=O)(=O)c3ccc4ccc5cccc6ccc3c4c56)[C@@H](COc3ccccc3)O2)c(=O)[nH]c1=O. The fourth-order valence-corrected chi connectivity index (χ4v) is 11.6. The van der Waals surface area contributed by atoms with Crippen molar-refractivity contribution in [1.82, 2.24) is 9.55 Å². The van der Waals surface area contributed by atoms with Crippen LogP contribution in [0.1, 0.15) is 18.2 Å². The van der Waals surface area contributed by atoms with Crippen LogP contribution in [0.2, 0.25) is 0 Å². The third-order valence-corrected chi connectivity index (χ3v) is 15.0. The van der Waals surface area contributed by atoms with Crippen LogP contribution < -0.4 is 16.0 Å². The minimum absolute atomic E-state index is 0.0822. The molecule has 22 heteroatoms. The van der Waals surface area contributed by atoms with E-state index in [1.807, 2.05) is 30.3 Å². The molecule has 0 amide bonds. The molecule has 18 nitrogen and oxygen atoms in total. The van der Waals surface area contributed by atoms with Gasteiger partial charge in [0.1, 0.15) is 30.8 Å². The summed E-state index contributed by atoms with van der Waals surface area (Å²) in [6, 6.07) is 24.2. The molecule has 1 aromatic heterocycles. The summed E-state index contributed by atoms with van der Waals surface area (Å²) in [5, 5.41) is 4.59. The molecule has 4 N–H and O–H groups in total. The van der Waals surface area contributed by atoms with Crippen LogP contribution in [0.3, 0.4) is 0 Å². The molecule has 1 aliphatic rings. The lowest BCUT2D eigenvalue weighted by Gasteiger charge is -2.23. The summed E-state index contributed by atoms with van der Waals surface area (Å²) in [6.07, 6.45) is -3.02. The molecule has 0 spiro atoms. The van der Waals surface area contributed by atoms with Crippen molar-refractivity contribution in [3.05, 3.63) is 118 Å². The second kappa shape index (κ2) is 15.4. The summed E-state index contributed by atoms with van der Waals surface area (Å²) in [6.45, 7) is 0.102. The second-order valence-corrected chi connectivity index (χ2v) is 19.4. The maximum Gasteiger partial charge on any atom is 0.490 e. The molecule has 0 radical (unpaired) electrons. The van der Waals surface area contributed by atoms with Gasteiger partial charge < -0.3 is 24.2 Å². The summed E-state index contributed by atoms with van der Waals surface area (Å²) in [4.78, 5) is 57.4. The number of phosphoric ester groups is 2. The minimum Gasteiger partial charge on any atom is -0.491 e. The van der Waals surface area contributed by atoms with E-state index in [1.165, 1.54) is 19.2 Å². The molecule has 0 aliphatic carbocycles. The molecule has 2 heterocycles. The van der Waals surface area contributed by atoms with Crippen molar-refractivity contribution in [3.8, 4) is 5.75 Å². The molecule has 1 aliphatic heterocycles. The lowest BCUT2D eigenvalue weighted by molar-refractivity contribution is -0.0404. The van der Waals surface area contributed by atoms with E-state index in [0.29, 0.717) is 16.5 Å². The molecule has 6 atom stereocenters. The monoisotopic (exact) mass is 850 g/mol. The molecule has 0 saturated carbocycles. The van der Waals surface area contributed by atoms with Crippen molar-refractivity contribution in [1.29, 1.82) is 0 Å². The Kier molecular flexibility index (Phi) is 11.0. The van der Waals surface area contributed by atoms with Gasteiger partial charge in [0.05, 0.1) is 17.3 Å². The molecule has 296 valence electrons. The van der Waals surface area contributed by atoms with E-state index in [4.69, 9.17) is 14.0 Å². The Morgan fingerprint density at radius 3 is 2.18 bits per heavy atom. The Balaban J connectivity index is 1.01. The third-order valence-electron chi connectivity index (χ3n) is 8.91. The second-order valence-electron chi connectivity index (χ2n) is 12.8. The van der Waals surface area contributed by atoms with E-state index < -0.39 is 75.3 Å². The van der Waals surface area contributed by atoms with Crippen LogP contribution in [0.5, 0.6) is 5.75 Å². The maximum atomic E-state index is 13.5. The minimum atomic E-state index is -5.97. The summed E-state index contributed by atoms with van der Waals surface area (Å²) in [5.41, 5.74) is -1.37. The number of phosphoric acid groups is 3. The number of H-pyrrole nitrogens is 1. The highest BCUT2D eigenvalue weighted by Gasteiger charge is 2.47. The normalized spacial score (nSPS) is 20.9. The summed E-state index contributed by atoms with van der Waals surface area (Å²) in [7, 11) is -21.5. The lowest BCUT2D eigenvalue weighted by Crippen LogP contribution is -2.33. The number of hydrogen-bond acceptors (Lipinski definition) is 13. The van der Waals surface area contributed by atoms with Gasteiger partial charge in [-0.1, -0.05) is 66.7 Å². The zero-order chi connectivity index (χ0) is 40.0. The average Bonchev–Trinajstić information content (AvgIpc) is 3.51. The number of nitrogens with one attached hydrogen (secondary N) is 1. The zero-order valence-electron chi connectivity index (χ0n) is 29.1. The number of sulfone groups is 1. The van der Waals surface area contributed by atoms with Crippen molar-refractivity contribution < 1.29 is 63.9 Å². The van der Waals surface area contributed by atoms with Crippen LogP contribution in [0, 0.1) is 6.92 Å². The van der Waals surface area contributed by atoms with Crippen LogP contribution in [0.25, 0.3) is 32.3 Å². The van der Waals surface area contributed by atoms with Gasteiger partial charge in [-0.2, -0.15) is 8.62 Å². The fraction of sp³-hybridized carbons (Fsp3) is 0.235. The molecular formula is C34H33N2O16P3S. The molecular weight excluding hydrogens is 817 g/mol. The lowest BCUT2D eigenvalue weighted by atomic mass is 9.94. The molecule has 0 bridgehead atoms. The Morgan fingerprint density at radius 1 is 0.821 bits per heavy atom. The first-order valence-electron chi connectivity index (χ1n) is 16.7. The summed E-state index contributed by atoms with van der Waals surface area (Å²) < 4.78 is 96.2. The van der Waals surface area contributed by atoms with E-state index >= 15 is 0 Å². The molecule has 6 aromatic rings. The van der Waals surface area contributed by atoms with Crippen LogP contribution in [-0.4, -0.2) is 63.8 Å². The first kappa shape index (κ1) is 40.1. The number of rotatable bonds is 15. The van der Waals surface area contributed by atoms with Crippen LogP contribution in [0.15, 0.2) is 106 Å². The first-order chi connectivity index (χ1) is 26.4. The average molecular weight is 851 g/mol. The molecule has 5 aromatic carbocycles. The van der Waals surface area contributed by atoms with Crippen LogP contribution >= 0.6 is 23.5 Å². The van der Waals surface area contributed by atoms with Gasteiger partial charge >= 0.3 is 29.2 Å². The number of aryl methyl sites for hydroxylation is 1. The van der Waals surface area contributed by atoms with Gasteiger partial charge in [0, 0.05) is 23.6 Å². The molecule has 1 fully saturated rings. The van der Waals surface area contributed by atoms with E-state index in [2.05, 4.69) is 18.1 Å². The van der Waals surface area contributed by atoms with Gasteiger partial charge in [0.2, 0.25) is 0 Å². The summed E-state index contributed by atoms with van der Waals surface area (Å²) >= 11 is 0. The van der Waals surface area contributed by atoms with Gasteiger partial charge in [-0.25, -0.2) is 26.9 Å². The van der Waals surface area contributed by atoms with Crippen LogP contribution in [0.4, 0.5) is 0 Å². The van der Waals surface area contributed by atoms with E-state index in [0.717, 1.165) is 26.1 Å². The van der Waals surface area contributed by atoms with Crippen molar-refractivity contribution >= 4 is 65.6 Å². The highest BCUT2D eigenvalue weighted by Crippen LogP contribution is 2.68. The highest BCUT2D eigenvalue weighted by atomic mass is 32.2. The molecule has 5 unspecified atom stereocenters. The maximum absolute atomic E-state index is 13.5. The van der Waals surface area contributed by atoms with Crippen molar-refractivity contribution in [2.24, 2.45) is 0 Å². The number of benzene rings is 5. The van der Waals surface area contributed by atoms with Gasteiger partial charge in [0.25, 0.3) is 5.56 Å². The standard InChI is InChI=1S/C34H33N2O16P3S/c1-21-19-36(34(38)35-33(21)37)30-18-27(28(49-30)20-47-25-8-3-2-4-9-25)50-54(41,42)52-55(43,44)51-53(39,40)48-16-17-56(45,46)29-15-13-24-11-10-22-6-5-7-23-12-14-26(29)32(24)31(22)23/h2-15,19,27-28,30H,16-18,20H2,1H3,(H,39,40)(H,41,42)(H,43,44)(H,35,37,38)/t27?,28-,30?/m1/s1. The van der Waals surface area contributed by atoms with E-state index in [-0.39, 0.29) is 23.5 Å². The third kappa shape index (κ3) is 8.75. The Morgan fingerprint density at radius 2 is 1.46 bits per heavy atom. The quantitative estimate of drug-likeness (QED) is 0.0753.